The maximum absolute atomic E-state index is 5.82. The summed E-state index contributed by atoms with van der Waals surface area (Å²) in [5.74, 6) is 0. The van der Waals surface area contributed by atoms with Gasteiger partial charge in [-0.25, -0.2) is 0 Å². The molecule has 9 heavy (non-hydrogen) atoms. The fourth-order valence-corrected chi connectivity index (χ4v) is 3.48. The average Bonchev–Trinajstić information content (AvgIpc) is 1.69. The van der Waals surface area contributed by atoms with Crippen molar-refractivity contribution in [3.8, 4) is 0 Å². The first kappa shape index (κ1) is 13.1. The third-order valence-corrected chi connectivity index (χ3v) is 5.57. The zero-order valence-corrected chi connectivity index (χ0v) is 10.2. The van der Waals surface area contributed by atoms with Crippen molar-refractivity contribution >= 4 is 25.7 Å². The molecule has 0 heterocycles. The normalized spacial score (nSPS) is 9.00. The Hall–Kier alpha value is 1.51. The first-order chi connectivity index (χ1) is 3.72. The van der Waals surface area contributed by atoms with Gasteiger partial charge in [0.05, 0.1) is 14.1 Å². The van der Waals surface area contributed by atoms with Gasteiger partial charge in [0, 0.05) is 21.1 Å². The van der Waals surface area contributed by atoms with E-state index in [1.54, 1.807) is 0 Å². The molecule has 0 aromatic carbocycles. The van der Waals surface area contributed by atoms with Gasteiger partial charge in [-0.2, -0.15) is 6.92 Å². The molecular weight excluding hydrogens is 230 g/mol. The number of rotatable bonds is 3. The Morgan fingerprint density at radius 2 is 1.67 bits per heavy atom. The maximum Gasteiger partial charge on any atom is 0.0857 e. The van der Waals surface area contributed by atoms with E-state index in [4.69, 9.17) is 11.6 Å². The van der Waals surface area contributed by atoms with Gasteiger partial charge in [0.25, 0.3) is 0 Å². The van der Waals surface area contributed by atoms with Crippen LogP contribution in [0, 0.1) is 4.24 Å². The third kappa shape index (κ3) is 5.93. The Morgan fingerprint density at radius 1 is 1.33 bits per heavy atom. The van der Waals surface area contributed by atoms with E-state index in [9.17, 15) is 0 Å². The molecule has 0 radical (unpaired) electrons. The third-order valence-electron chi connectivity index (χ3n) is 1.55. The standard InChI is InChI=1S/C2H3Cl.2C2H5.Al.Mo/c1-2-3;2*1-2;;/h1H3;2*1H2,2H3;;/q-1;;;;. The summed E-state index contributed by atoms with van der Waals surface area (Å²) in [7, 11) is 0. The first-order valence-corrected chi connectivity index (χ1v) is 5.80. The molecule has 3 heteroatoms. The molecule has 0 nitrogen and oxygen atoms in total. The van der Waals surface area contributed by atoms with Crippen LogP contribution < -0.4 is 0 Å². The van der Waals surface area contributed by atoms with Gasteiger partial charge in [0.15, 0.2) is 0 Å². The van der Waals surface area contributed by atoms with E-state index in [2.05, 4.69) is 13.8 Å². The number of halogens is 1. The van der Waals surface area contributed by atoms with Gasteiger partial charge in [-0.15, -0.1) is 10.6 Å². The monoisotopic (exact) mass is 245 g/mol. The summed E-state index contributed by atoms with van der Waals surface area (Å²) in [6.45, 7) is 6.50. The summed E-state index contributed by atoms with van der Waals surface area (Å²) in [5.41, 5.74) is 0. The maximum atomic E-state index is 5.82. The van der Waals surface area contributed by atoms with Crippen molar-refractivity contribution in [2.45, 2.75) is 31.3 Å². The molecule has 0 spiro atoms. The fraction of sp³-hybridized carbons (Fsp3) is 0.833. The average molecular weight is 244 g/mol. The van der Waals surface area contributed by atoms with Crippen molar-refractivity contribution in [1.29, 1.82) is 0 Å². The molecule has 54 valence electrons. The summed E-state index contributed by atoms with van der Waals surface area (Å²) in [5, 5.41) is 2.62. The van der Waals surface area contributed by atoms with Crippen LogP contribution in [0.4, 0.5) is 0 Å². The van der Waals surface area contributed by atoms with Crippen molar-refractivity contribution in [1.82, 2.24) is 0 Å². The van der Waals surface area contributed by atoms with E-state index >= 15 is 0 Å². The van der Waals surface area contributed by atoms with Crippen LogP contribution in [-0.4, -0.2) is 14.1 Å². The van der Waals surface area contributed by atoms with E-state index in [0.29, 0.717) is 0 Å². The van der Waals surface area contributed by atoms with Crippen molar-refractivity contribution in [2.75, 3.05) is 0 Å². The van der Waals surface area contributed by atoms with Crippen molar-refractivity contribution in [2.24, 2.45) is 0 Å². The summed E-state index contributed by atoms with van der Waals surface area (Å²) < 4.78 is 1.19. The zero-order chi connectivity index (χ0) is 6.57. The molecular formula is C6H13AlClMo-. The molecule has 0 aliphatic heterocycles. The number of hydrogen-bond donors (Lipinski definition) is 0. The Bertz CT molecular complexity index is 55.0. The summed E-state index contributed by atoms with van der Waals surface area (Å²) in [4.78, 5) is 0. The largest absolute Gasteiger partial charge is 0.355 e. The number of hydrogen-bond acceptors (Lipinski definition) is 0. The molecule has 0 unspecified atom stereocenters. The van der Waals surface area contributed by atoms with Gasteiger partial charge >= 0.3 is 0 Å². The van der Waals surface area contributed by atoms with Gasteiger partial charge in [0.1, 0.15) is 0 Å². The van der Waals surface area contributed by atoms with E-state index < -0.39 is 14.1 Å². The Balaban J connectivity index is 0. The molecule has 0 saturated heterocycles. The van der Waals surface area contributed by atoms with Gasteiger partial charge < -0.3 is 11.6 Å². The summed E-state index contributed by atoms with van der Waals surface area (Å²) in [6, 6.07) is 0. The second-order valence-electron chi connectivity index (χ2n) is 2.10. The van der Waals surface area contributed by atoms with Crippen LogP contribution in [0.1, 0.15) is 20.8 Å². The van der Waals surface area contributed by atoms with E-state index in [0.717, 1.165) is 0 Å². The quantitative estimate of drug-likeness (QED) is 0.528. The van der Waals surface area contributed by atoms with Crippen LogP contribution >= 0.6 is 11.6 Å². The predicted molar refractivity (Wildman–Crippen MR) is 41.5 cm³/mol. The SMILES string of the molecule is C[CH2][Al]([CH2]C)[C-](C)Cl.[Mo]. The van der Waals surface area contributed by atoms with Crippen LogP contribution in [0.25, 0.3) is 0 Å². The zero-order valence-electron chi connectivity index (χ0n) is 6.28. The first-order valence-electron chi connectivity index (χ1n) is 3.21. The molecule has 0 rings (SSSR count). The van der Waals surface area contributed by atoms with E-state index in [-0.39, 0.29) is 21.1 Å². The van der Waals surface area contributed by atoms with Gasteiger partial charge in [-0.1, -0.05) is 13.8 Å². The molecule has 0 aliphatic rings. The predicted octanol–water partition coefficient (Wildman–Crippen LogP) is 2.85. The second-order valence-corrected chi connectivity index (χ2v) is 6.96. The second kappa shape index (κ2) is 7.62. The molecule has 0 aromatic rings. The molecule has 0 bridgehead atoms. The molecule has 0 aliphatic carbocycles. The van der Waals surface area contributed by atoms with E-state index in [1.807, 2.05) is 6.92 Å². The van der Waals surface area contributed by atoms with Crippen LogP contribution in [0.3, 0.4) is 0 Å². The van der Waals surface area contributed by atoms with Crippen molar-refractivity contribution < 1.29 is 21.1 Å². The van der Waals surface area contributed by atoms with Crippen LogP contribution in [-0.2, 0) is 21.1 Å². The van der Waals surface area contributed by atoms with Crippen molar-refractivity contribution in [3.05, 3.63) is 4.24 Å². The summed E-state index contributed by atoms with van der Waals surface area (Å²) >= 11 is 5.24. The minimum Gasteiger partial charge on any atom is -0.355 e. The minimum atomic E-state index is -0.583. The molecule has 0 N–H and O–H groups in total. The Morgan fingerprint density at radius 3 is 1.67 bits per heavy atom. The van der Waals surface area contributed by atoms with Crippen molar-refractivity contribution in [3.63, 3.8) is 0 Å². The topological polar surface area (TPSA) is 0 Å². The Labute approximate surface area is 82.0 Å². The van der Waals surface area contributed by atoms with Crippen LogP contribution in [0.5, 0.6) is 0 Å². The van der Waals surface area contributed by atoms with Gasteiger partial charge in [-0.05, 0) is 0 Å². The molecule has 0 amide bonds. The minimum absolute atomic E-state index is 0. The molecule has 0 aromatic heterocycles. The van der Waals surface area contributed by atoms with Crippen LogP contribution in [0.15, 0.2) is 0 Å². The smallest absolute Gasteiger partial charge is 0.0857 e. The fourth-order valence-electron chi connectivity index (χ4n) is 0.851. The van der Waals surface area contributed by atoms with Gasteiger partial charge in [-0.3, -0.25) is 4.24 Å². The van der Waals surface area contributed by atoms with Gasteiger partial charge in [0.2, 0.25) is 0 Å². The molecule has 0 fully saturated rings. The summed E-state index contributed by atoms with van der Waals surface area (Å²) in [6.07, 6.45) is 0. The molecule has 0 atom stereocenters. The van der Waals surface area contributed by atoms with Crippen LogP contribution in [0.2, 0.25) is 10.6 Å². The van der Waals surface area contributed by atoms with E-state index in [1.165, 1.54) is 14.8 Å². The Kier molecular flexibility index (Phi) is 11.1. The molecule has 0 saturated carbocycles.